The first-order valence-corrected chi connectivity index (χ1v) is 12.2. The number of aromatic nitrogens is 1. The lowest BCUT2D eigenvalue weighted by Gasteiger charge is -2.36. The van der Waals surface area contributed by atoms with Crippen LogP contribution < -0.4 is 20.3 Å². The second kappa shape index (κ2) is 10.2. The summed E-state index contributed by atoms with van der Waals surface area (Å²) in [6.45, 7) is 4.43. The molecule has 0 bridgehead atoms. The topological polar surface area (TPSA) is 92.0 Å². The average molecular weight is 474 g/mol. The van der Waals surface area contributed by atoms with Gasteiger partial charge in [0, 0.05) is 56.3 Å². The highest BCUT2D eigenvalue weighted by atomic mass is 16.5. The van der Waals surface area contributed by atoms with E-state index in [1.165, 1.54) is 5.69 Å². The van der Waals surface area contributed by atoms with Crippen molar-refractivity contribution in [3.8, 4) is 5.75 Å². The van der Waals surface area contributed by atoms with Gasteiger partial charge in [0.25, 0.3) is 5.91 Å². The normalized spacial score (nSPS) is 17.0. The first-order valence-electron chi connectivity index (χ1n) is 12.2. The predicted molar refractivity (Wildman–Crippen MR) is 137 cm³/mol. The quantitative estimate of drug-likeness (QED) is 0.592. The summed E-state index contributed by atoms with van der Waals surface area (Å²) in [4.78, 5) is 35.5. The number of carbonyl (C=O) groups is 2. The molecule has 2 fully saturated rings. The minimum atomic E-state index is -0.224. The lowest BCUT2D eigenvalue weighted by atomic mass is 9.96. The molecule has 0 unspecified atom stereocenters. The number of nitrogens with zero attached hydrogens (tertiary/aromatic N) is 4. The first kappa shape index (κ1) is 23.0. The zero-order chi connectivity index (χ0) is 24.2. The monoisotopic (exact) mass is 473 g/mol. The van der Waals surface area contributed by atoms with E-state index in [1.54, 1.807) is 0 Å². The summed E-state index contributed by atoms with van der Waals surface area (Å²) in [5.41, 5.74) is 7.39. The number of amides is 2. The second-order valence-corrected chi connectivity index (χ2v) is 9.15. The van der Waals surface area contributed by atoms with Crippen molar-refractivity contribution < 1.29 is 14.3 Å². The van der Waals surface area contributed by atoms with Crippen molar-refractivity contribution in [3.05, 3.63) is 60.7 Å². The van der Waals surface area contributed by atoms with Gasteiger partial charge in [-0.05, 0) is 43.2 Å². The summed E-state index contributed by atoms with van der Waals surface area (Å²) in [7, 11) is 0. The lowest BCUT2D eigenvalue weighted by molar-refractivity contribution is -0.133. The van der Waals surface area contributed by atoms with E-state index in [-0.39, 0.29) is 24.3 Å². The Morgan fingerprint density at radius 3 is 2.31 bits per heavy atom. The Hall–Kier alpha value is -3.81. The van der Waals surface area contributed by atoms with E-state index in [0.717, 1.165) is 55.7 Å². The Balaban J connectivity index is 1.21. The third-order valence-electron chi connectivity index (χ3n) is 6.99. The minimum absolute atomic E-state index is 0.0135. The molecule has 0 saturated carbocycles. The highest BCUT2D eigenvalue weighted by Gasteiger charge is 2.25. The van der Waals surface area contributed by atoms with Crippen molar-refractivity contribution in [3.63, 3.8) is 0 Å². The van der Waals surface area contributed by atoms with Gasteiger partial charge in [-0.25, -0.2) is 4.98 Å². The maximum atomic E-state index is 12.9. The largest absolute Gasteiger partial charge is 0.481 e. The smallest absolute Gasteiger partial charge is 0.260 e. The number of fused-ring (bicyclic) bond motifs is 1. The number of rotatable bonds is 6. The Morgan fingerprint density at radius 2 is 1.60 bits per heavy atom. The zero-order valence-corrected chi connectivity index (χ0v) is 19.8. The molecule has 182 valence electrons. The summed E-state index contributed by atoms with van der Waals surface area (Å²) >= 11 is 0. The van der Waals surface area contributed by atoms with Gasteiger partial charge in [-0.3, -0.25) is 9.59 Å². The van der Waals surface area contributed by atoms with Crippen molar-refractivity contribution in [2.24, 2.45) is 11.7 Å². The lowest BCUT2D eigenvalue weighted by Crippen LogP contribution is -2.50. The molecule has 2 aliphatic rings. The van der Waals surface area contributed by atoms with Crippen LogP contribution in [0.5, 0.6) is 5.75 Å². The van der Waals surface area contributed by atoms with E-state index in [9.17, 15) is 9.59 Å². The van der Waals surface area contributed by atoms with Crippen molar-refractivity contribution in [1.82, 2.24) is 9.88 Å². The van der Waals surface area contributed by atoms with Crippen molar-refractivity contribution >= 4 is 34.2 Å². The first-order chi connectivity index (χ1) is 17.1. The number of primary amides is 1. The molecule has 2 aromatic carbocycles. The summed E-state index contributed by atoms with van der Waals surface area (Å²) in [5, 5.41) is 0.960. The van der Waals surface area contributed by atoms with Gasteiger partial charge in [0.2, 0.25) is 5.91 Å². The van der Waals surface area contributed by atoms with Crippen LogP contribution in [0, 0.1) is 5.92 Å². The van der Waals surface area contributed by atoms with Crippen LogP contribution in [-0.4, -0.2) is 67.6 Å². The Labute approximate surface area is 205 Å². The second-order valence-electron chi connectivity index (χ2n) is 9.15. The zero-order valence-electron chi connectivity index (χ0n) is 19.8. The maximum Gasteiger partial charge on any atom is 0.260 e. The van der Waals surface area contributed by atoms with Crippen LogP contribution in [0.15, 0.2) is 60.7 Å². The molecule has 0 radical (unpaired) electrons. The van der Waals surface area contributed by atoms with Crippen molar-refractivity contribution in [1.29, 1.82) is 0 Å². The number of carbonyl (C=O) groups excluding carboxylic acids is 2. The van der Waals surface area contributed by atoms with Crippen molar-refractivity contribution in [2.75, 3.05) is 55.7 Å². The molecule has 1 aromatic heterocycles. The minimum Gasteiger partial charge on any atom is -0.481 e. The molecule has 3 heterocycles. The number of hydrogen-bond donors (Lipinski definition) is 1. The van der Waals surface area contributed by atoms with Gasteiger partial charge >= 0.3 is 0 Å². The number of benzene rings is 2. The molecule has 2 saturated heterocycles. The molecule has 2 aliphatic heterocycles. The molecular formula is C27H31N5O3. The highest BCUT2D eigenvalue weighted by molar-refractivity contribution is 5.87. The number of piperidine rings is 1. The summed E-state index contributed by atoms with van der Waals surface area (Å²) in [6, 6.07) is 20.1. The Kier molecular flexibility index (Phi) is 6.70. The SMILES string of the molecule is NC(=O)C1CCN(c2ccc3cccc(OCC(=O)N4CCN(c5ccccc5)CC4)c3n2)CC1. The van der Waals surface area contributed by atoms with E-state index in [4.69, 9.17) is 15.5 Å². The molecule has 0 aliphatic carbocycles. The molecule has 35 heavy (non-hydrogen) atoms. The molecule has 0 spiro atoms. The van der Waals surface area contributed by atoms with E-state index in [1.807, 2.05) is 53.4 Å². The number of nitrogens with two attached hydrogens (primary N) is 1. The fraction of sp³-hybridized carbons (Fsp3) is 0.370. The predicted octanol–water partition coefficient (Wildman–Crippen LogP) is 2.66. The van der Waals surface area contributed by atoms with E-state index < -0.39 is 0 Å². The van der Waals surface area contributed by atoms with Gasteiger partial charge < -0.3 is 25.2 Å². The van der Waals surface area contributed by atoms with Crippen LogP contribution in [-0.2, 0) is 9.59 Å². The van der Waals surface area contributed by atoms with E-state index >= 15 is 0 Å². The molecule has 0 atom stereocenters. The van der Waals surface area contributed by atoms with Crippen LogP contribution in [0.3, 0.4) is 0 Å². The number of ether oxygens (including phenoxy) is 1. The molecule has 8 nitrogen and oxygen atoms in total. The molecule has 2 amide bonds. The highest BCUT2D eigenvalue weighted by Crippen LogP contribution is 2.28. The number of anilines is 2. The summed E-state index contributed by atoms with van der Waals surface area (Å²) < 4.78 is 5.99. The third-order valence-corrected chi connectivity index (χ3v) is 6.99. The van der Waals surface area contributed by atoms with E-state index in [2.05, 4.69) is 21.9 Å². The van der Waals surface area contributed by atoms with Gasteiger partial charge in [0.1, 0.15) is 17.1 Å². The van der Waals surface area contributed by atoms with Crippen molar-refractivity contribution in [2.45, 2.75) is 12.8 Å². The number of para-hydroxylation sites is 2. The van der Waals surface area contributed by atoms with Gasteiger partial charge in [0.15, 0.2) is 6.61 Å². The van der Waals surface area contributed by atoms with Crippen LogP contribution in [0.25, 0.3) is 10.9 Å². The van der Waals surface area contributed by atoms with Gasteiger partial charge in [-0.15, -0.1) is 0 Å². The molecule has 5 rings (SSSR count). The standard InChI is InChI=1S/C27H31N5O3/c28-27(34)21-11-13-31(14-12-21)24-10-9-20-5-4-8-23(26(20)29-24)35-19-25(33)32-17-15-30(16-18-32)22-6-2-1-3-7-22/h1-10,21H,11-19H2,(H2,28,34). The molecular weight excluding hydrogens is 442 g/mol. The van der Waals surface area contributed by atoms with Crippen LogP contribution in [0.1, 0.15) is 12.8 Å². The molecule has 2 N–H and O–H groups in total. The fourth-order valence-electron chi connectivity index (χ4n) is 4.88. The number of hydrogen-bond acceptors (Lipinski definition) is 6. The fourth-order valence-corrected chi connectivity index (χ4v) is 4.88. The van der Waals surface area contributed by atoms with Gasteiger partial charge in [0.05, 0.1) is 0 Å². The van der Waals surface area contributed by atoms with Gasteiger partial charge in [-0.1, -0.05) is 30.3 Å². The Bertz CT molecular complexity index is 1190. The number of pyridine rings is 1. The average Bonchev–Trinajstić information content (AvgIpc) is 2.92. The summed E-state index contributed by atoms with van der Waals surface area (Å²) in [6.07, 6.45) is 1.47. The Morgan fingerprint density at radius 1 is 0.857 bits per heavy atom. The summed E-state index contributed by atoms with van der Waals surface area (Å²) in [5.74, 6) is 1.15. The molecule has 8 heteroatoms. The molecule has 3 aromatic rings. The van der Waals surface area contributed by atoms with Crippen LogP contribution in [0.2, 0.25) is 0 Å². The van der Waals surface area contributed by atoms with Crippen LogP contribution >= 0.6 is 0 Å². The van der Waals surface area contributed by atoms with E-state index in [0.29, 0.717) is 18.8 Å². The maximum absolute atomic E-state index is 12.9. The third kappa shape index (κ3) is 5.16. The van der Waals surface area contributed by atoms with Crippen LogP contribution in [0.4, 0.5) is 11.5 Å². The number of piperazine rings is 1. The van der Waals surface area contributed by atoms with Gasteiger partial charge in [-0.2, -0.15) is 0 Å².